The van der Waals surface area contributed by atoms with E-state index in [1.165, 1.54) is 0 Å². The van der Waals surface area contributed by atoms with Crippen LogP contribution < -0.4 is 10.0 Å². The molecule has 1 radical (unpaired) electrons. The summed E-state index contributed by atoms with van der Waals surface area (Å²) in [7, 11) is -2.67. The normalized spacial score (nSPS) is 6.70. The van der Waals surface area contributed by atoms with Gasteiger partial charge in [-0.2, -0.15) is 0 Å². The Morgan fingerprint density at radius 1 is 1.20 bits per heavy atom. The minimum absolute atomic E-state index is 0. The predicted molar refractivity (Wildman–Crippen MR) is 28.8 cm³/mol. The number of hydrogen-bond acceptors (Lipinski definition) is 3. The van der Waals surface area contributed by atoms with Gasteiger partial charge in [0.25, 0.3) is 0 Å². The van der Waals surface area contributed by atoms with Crippen LogP contribution in [0.1, 0.15) is 0 Å². The zero-order valence-electron chi connectivity index (χ0n) is 4.95. The average molecular weight is 190 g/mol. The van der Waals surface area contributed by atoms with E-state index in [2.05, 4.69) is 4.98 Å². The first-order valence-electron chi connectivity index (χ1n) is 2.31. The van der Waals surface area contributed by atoms with Crippen LogP contribution >= 0.6 is 0 Å². The van der Waals surface area contributed by atoms with Crippen LogP contribution in [-0.2, 0) is 17.1 Å². The van der Waals surface area contributed by atoms with E-state index in [1.54, 1.807) is 0 Å². The van der Waals surface area contributed by atoms with Crippen molar-refractivity contribution in [2.24, 2.45) is 0 Å². The number of hydrogen-bond donors (Lipinski definition) is 2. The summed E-state index contributed by atoms with van der Waals surface area (Å²) in [5, 5.41) is 24.0. The minimum Gasteiger partial charge on any atom is -0.871 e. The van der Waals surface area contributed by atoms with E-state index in [-0.39, 0.29) is 17.1 Å². The summed E-state index contributed by atoms with van der Waals surface area (Å²) in [5.74, 6) is 0. The van der Waals surface area contributed by atoms with Crippen molar-refractivity contribution in [2.75, 3.05) is 0 Å². The molecular weight excluding hydrogens is 184 g/mol. The molecule has 0 aliphatic carbocycles. The fourth-order valence-corrected chi connectivity index (χ4v) is 0.278. The summed E-state index contributed by atoms with van der Waals surface area (Å²) < 4.78 is 0. The van der Waals surface area contributed by atoms with Gasteiger partial charge in [-0.3, -0.25) is 0 Å². The summed E-state index contributed by atoms with van der Waals surface area (Å²) in [6, 6.07) is 3.89. The van der Waals surface area contributed by atoms with Gasteiger partial charge in [0.2, 0.25) is 0 Å². The molecule has 1 heterocycles. The van der Waals surface area contributed by atoms with Crippen LogP contribution in [0.4, 0.5) is 0 Å². The molecule has 59 valence electrons. The molecule has 0 spiro atoms. The molecule has 6 heteroatoms. The topological polar surface area (TPSA) is 82.1 Å². The molecule has 0 saturated heterocycles. The van der Waals surface area contributed by atoms with E-state index in [9.17, 15) is 0 Å². The quantitative estimate of drug-likeness (QED) is 0.451. The first-order chi connectivity index (χ1) is 4.23. The number of aromatic amines is 1. The van der Waals surface area contributed by atoms with Crippen LogP contribution in [-0.4, -0.2) is 17.3 Å². The second-order valence-corrected chi connectivity index (χ2v) is 1.19. The molecule has 0 amide bonds. The van der Waals surface area contributed by atoms with Gasteiger partial charge in [0, 0.05) is 12.4 Å². The van der Waals surface area contributed by atoms with Gasteiger partial charge in [0.1, 0.15) is 0 Å². The second kappa shape index (κ2) is 8.74. The summed E-state index contributed by atoms with van der Waals surface area (Å²) in [6.45, 7) is 0. The zero-order chi connectivity index (χ0) is 7.11. The molecule has 0 aliphatic rings. The van der Waals surface area contributed by atoms with Crippen molar-refractivity contribution in [1.82, 2.24) is 4.98 Å². The molecule has 10 heavy (non-hydrogen) atoms. The van der Waals surface area contributed by atoms with Crippen molar-refractivity contribution in [1.29, 1.82) is 0 Å². The van der Waals surface area contributed by atoms with Gasteiger partial charge in [-0.25, -0.2) is 0 Å². The number of aromatic nitrogens is 1. The van der Waals surface area contributed by atoms with Crippen LogP contribution in [0.3, 0.4) is 0 Å². The third-order valence-electron chi connectivity index (χ3n) is 0.496. The molecule has 0 fully saturated rings. The first kappa shape index (κ1) is 12.4. The van der Waals surface area contributed by atoms with Gasteiger partial charge < -0.3 is 20.1 Å². The largest absolute Gasteiger partial charge is 2.00 e. The van der Waals surface area contributed by atoms with Crippen LogP contribution in [0.2, 0.25) is 0 Å². The molecule has 1 aromatic rings. The molecule has 0 unspecified atom stereocenters. The SMILES string of the molecule is [Cu+2].[O-]B([O-])O.c1cc[nH]c1. The van der Waals surface area contributed by atoms with Gasteiger partial charge in [0.05, 0.1) is 7.32 Å². The molecule has 0 aromatic carbocycles. The summed E-state index contributed by atoms with van der Waals surface area (Å²) in [4.78, 5) is 2.86. The molecule has 1 aromatic heterocycles. The van der Waals surface area contributed by atoms with E-state index in [4.69, 9.17) is 15.1 Å². The van der Waals surface area contributed by atoms with Crippen LogP contribution in [0, 0.1) is 0 Å². The van der Waals surface area contributed by atoms with Crippen molar-refractivity contribution in [3.8, 4) is 0 Å². The van der Waals surface area contributed by atoms with E-state index >= 15 is 0 Å². The summed E-state index contributed by atoms with van der Waals surface area (Å²) >= 11 is 0. The van der Waals surface area contributed by atoms with Crippen molar-refractivity contribution < 1.29 is 32.1 Å². The zero-order valence-corrected chi connectivity index (χ0v) is 5.89. The first-order valence-corrected chi connectivity index (χ1v) is 2.31. The van der Waals surface area contributed by atoms with E-state index < -0.39 is 7.32 Å². The molecule has 0 atom stereocenters. The van der Waals surface area contributed by atoms with Gasteiger partial charge in [-0.15, -0.1) is 0 Å². The predicted octanol–water partition coefficient (Wildman–Crippen LogP) is -2.30. The van der Waals surface area contributed by atoms with Gasteiger partial charge in [-0.05, 0) is 12.1 Å². The van der Waals surface area contributed by atoms with Crippen molar-refractivity contribution in [2.45, 2.75) is 0 Å². The Kier molecular flexibility index (Phi) is 10.9. The molecule has 2 N–H and O–H groups in total. The van der Waals surface area contributed by atoms with Crippen LogP contribution in [0.5, 0.6) is 0 Å². The van der Waals surface area contributed by atoms with Crippen LogP contribution in [0.15, 0.2) is 24.5 Å². The Bertz CT molecular complexity index is 104. The molecule has 0 aliphatic heterocycles. The maximum atomic E-state index is 8.53. The molecule has 1 rings (SSSR count). The monoisotopic (exact) mass is 190 g/mol. The fourth-order valence-electron chi connectivity index (χ4n) is 0.278. The standard InChI is InChI=1S/C4H5N.BHO3.Cu/c1-2-4-5-3-1;2-1(3)4;/h1-5H;2H;/q;-2;+2. The second-order valence-electron chi connectivity index (χ2n) is 1.19. The van der Waals surface area contributed by atoms with Crippen molar-refractivity contribution >= 4 is 7.32 Å². The van der Waals surface area contributed by atoms with Gasteiger partial charge in [0.15, 0.2) is 0 Å². The van der Waals surface area contributed by atoms with E-state index in [0.717, 1.165) is 0 Å². The van der Waals surface area contributed by atoms with Crippen LogP contribution in [0.25, 0.3) is 0 Å². The number of rotatable bonds is 0. The smallest absolute Gasteiger partial charge is 0.871 e. The molecule has 0 saturated carbocycles. The average Bonchev–Trinajstić information content (AvgIpc) is 2.11. The molecule has 4 nitrogen and oxygen atoms in total. The van der Waals surface area contributed by atoms with Gasteiger partial charge in [-0.1, -0.05) is 0 Å². The van der Waals surface area contributed by atoms with E-state index in [1.807, 2.05) is 24.5 Å². The van der Waals surface area contributed by atoms with Gasteiger partial charge >= 0.3 is 17.1 Å². The Hall–Kier alpha value is -0.256. The maximum Gasteiger partial charge on any atom is 2.00 e. The number of H-pyrrole nitrogens is 1. The maximum absolute atomic E-state index is 8.53. The van der Waals surface area contributed by atoms with Crippen molar-refractivity contribution in [3.05, 3.63) is 24.5 Å². The molecular formula is C4H6BCuNO3. The third-order valence-corrected chi connectivity index (χ3v) is 0.496. The minimum atomic E-state index is -2.67. The Labute approximate surface area is 69.6 Å². The Morgan fingerprint density at radius 2 is 1.50 bits per heavy atom. The molecule has 0 bridgehead atoms. The Balaban J connectivity index is 0. The summed E-state index contributed by atoms with van der Waals surface area (Å²) in [6.07, 6.45) is 3.75. The van der Waals surface area contributed by atoms with Crippen molar-refractivity contribution in [3.63, 3.8) is 0 Å². The number of nitrogens with one attached hydrogen (secondary N) is 1. The Morgan fingerprint density at radius 3 is 1.60 bits per heavy atom. The summed E-state index contributed by atoms with van der Waals surface area (Å²) in [5.41, 5.74) is 0. The van der Waals surface area contributed by atoms with E-state index in [0.29, 0.717) is 0 Å². The fraction of sp³-hybridized carbons (Fsp3) is 0. The third kappa shape index (κ3) is 15.6.